The van der Waals surface area contributed by atoms with Crippen LogP contribution in [0.15, 0.2) is 97.1 Å². The van der Waals surface area contributed by atoms with Crippen molar-refractivity contribution in [2.24, 2.45) is 0 Å². The van der Waals surface area contributed by atoms with Crippen molar-refractivity contribution in [3.05, 3.63) is 125 Å². The zero-order chi connectivity index (χ0) is 35.5. The summed E-state index contributed by atoms with van der Waals surface area (Å²) in [6, 6.07) is 30.2. The average molecular weight is 684 g/mol. The Balaban J connectivity index is 1.29. The van der Waals surface area contributed by atoms with Crippen molar-refractivity contribution in [1.82, 2.24) is 15.7 Å². The molecule has 4 aromatic carbocycles. The summed E-state index contributed by atoms with van der Waals surface area (Å²) >= 11 is 0. The van der Waals surface area contributed by atoms with E-state index in [1.807, 2.05) is 84.7 Å². The van der Waals surface area contributed by atoms with Gasteiger partial charge in [-0.2, -0.15) is 0 Å². The SMILES string of the molecule is CN(C[C@@H]1C[C@H](c2ccc(CO)cc2)O[C@H](c2cccc(-c3cccc(CNC(=O)CCCC(=O)NO)c3)c2)O1)C[C@@H](O)c1cccc(O)c1. The van der Waals surface area contributed by atoms with Gasteiger partial charge in [0.15, 0.2) is 6.29 Å². The van der Waals surface area contributed by atoms with Crippen molar-refractivity contribution in [2.75, 3.05) is 20.1 Å². The van der Waals surface area contributed by atoms with Crippen LogP contribution in [0.4, 0.5) is 0 Å². The van der Waals surface area contributed by atoms with Gasteiger partial charge in [0, 0.05) is 44.5 Å². The molecular formula is C39H45N3O8. The Morgan fingerprint density at radius 3 is 2.32 bits per heavy atom. The number of rotatable bonds is 15. The number of amides is 2. The fraction of sp³-hybridized carbons (Fsp3) is 0.333. The van der Waals surface area contributed by atoms with E-state index in [9.17, 15) is 24.9 Å². The second-order valence-corrected chi connectivity index (χ2v) is 12.7. The molecule has 0 spiro atoms. The van der Waals surface area contributed by atoms with Crippen molar-refractivity contribution >= 4 is 11.8 Å². The van der Waals surface area contributed by atoms with Crippen LogP contribution in [0.3, 0.4) is 0 Å². The zero-order valence-corrected chi connectivity index (χ0v) is 28.1. The van der Waals surface area contributed by atoms with Crippen molar-refractivity contribution in [1.29, 1.82) is 0 Å². The number of hydroxylamine groups is 1. The smallest absolute Gasteiger partial charge is 0.243 e. The molecule has 4 atom stereocenters. The molecule has 4 aromatic rings. The van der Waals surface area contributed by atoms with Crippen LogP contribution >= 0.6 is 0 Å². The first-order chi connectivity index (χ1) is 24.2. The lowest BCUT2D eigenvalue weighted by molar-refractivity contribution is -0.252. The van der Waals surface area contributed by atoms with Crippen LogP contribution in [0.1, 0.15) is 72.0 Å². The Kier molecular flexibility index (Phi) is 13.1. The van der Waals surface area contributed by atoms with E-state index in [2.05, 4.69) is 5.32 Å². The van der Waals surface area contributed by atoms with E-state index < -0.39 is 18.3 Å². The van der Waals surface area contributed by atoms with Gasteiger partial charge in [-0.05, 0) is 71.1 Å². The van der Waals surface area contributed by atoms with Gasteiger partial charge in [0.2, 0.25) is 11.8 Å². The van der Waals surface area contributed by atoms with Crippen LogP contribution in [-0.4, -0.2) is 63.5 Å². The van der Waals surface area contributed by atoms with E-state index >= 15 is 0 Å². The maximum absolute atomic E-state index is 12.3. The summed E-state index contributed by atoms with van der Waals surface area (Å²) in [7, 11) is 1.93. The second kappa shape index (κ2) is 17.9. The fourth-order valence-electron chi connectivity index (χ4n) is 6.07. The minimum absolute atomic E-state index is 0.0433. The van der Waals surface area contributed by atoms with Gasteiger partial charge >= 0.3 is 0 Å². The Morgan fingerprint density at radius 1 is 0.860 bits per heavy atom. The monoisotopic (exact) mass is 683 g/mol. The highest BCUT2D eigenvalue weighted by molar-refractivity contribution is 5.78. The van der Waals surface area contributed by atoms with Crippen LogP contribution in [0.5, 0.6) is 5.75 Å². The number of aliphatic hydroxyl groups is 2. The topological polar surface area (TPSA) is 161 Å². The van der Waals surface area contributed by atoms with E-state index in [-0.39, 0.29) is 43.3 Å². The Labute approximate surface area is 292 Å². The minimum Gasteiger partial charge on any atom is -0.508 e. The number of aromatic hydroxyl groups is 1. The largest absolute Gasteiger partial charge is 0.508 e. The highest BCUT2D eigenvalue weighted by Gasteiger charge is 2.33. The molecule has 1 heterocycles. The number of nitrogens with one attached hydrogen (secondary N) is 2. The first kappa shape index (κ1) is 36.7. The van der Waals surface area contributed by atoms with Gasteiger partial charge in [0.05, 0.1) is 24.9 Å². The number of aliphatic hydroxyl groups excluding tert-OH is 2. The van der Waals surface area contributed by atoms with Crippen LogP contribution in [-0.2, 0) is 32.2 Å². The molecule has 1 saturated heterocycles. The summed E-state index contributed by atoms with van der Waals surface area (Å²) in [4.78, 5) is 25.5. The van der Waals surface area contributed by atoms with Gasteiger partial charge < -0.3 is 35.0 Å². The van der Waals surface area contributed by atoms with E-state index in [0.29, 0.717) is 38.0 Å². The molecule has 0 saturated carbocycles. The van der Waals surface area contributed by atoms with Gasteiger partial charge in [-0.1, -0.05) is 72.8 Å². The van der Waals surface area contributed by atoms with Crippen LogP contribution in [0, 0.1) is 0 Å². The van der Waals surface area contributed by atoms with Crippen molar-refractivity contribution in [3.8, 4) is 16.9 Å². The zero-order valence-electron chi connectivity index (χ0n) is 28.1. The summed E-state index contributed by atoms with van der Waals surface area (Å²) in [6.45, 7) is 1.17. The first-order valence-corrected chi connectivity index (χ1v) is 16.8. The molecule has 11 heteroatoms. The van der Waals surface area contributed by atoms with Crippen molar-refractivity contribution in [2.45, 2.75) is 63.4 Å². The van der Waals surface area contributed by atoms with Gasteiger partial charge in [0.25, 0.3) is 0 Å². The molecule has 0 aromatic heterocycles. The summed E-state index contributed by atoms with van der Waals surface area (Å²) < 4.78 is 13.1. The summed E-state index contributed by atoms with van der Waals surface area (Å²) in [5, 5.41) is 41.8. The number of carbonyl (C=O) groups excluding carboxylic acids is 2. The highest BCUT2D eigenvalue weighted by atomic mass is 16.7. The number of carbonyl (C=O) groups is 2. The average Bonchev–Trinajstić information content (AvgIpc) is 3.14. The summed E-state index contributed by atoms with van der Waals surface area (Å²) in [5.41, 5.74) is 7.68. The van der Waals surface area contributed by atoms with Gasteiger partial charge in [-0.15, -0.1) is 0 Å². The van der Waals surface area contributed by atoms with Crippen LogP contribution in [0.2, 0.25) is 0 Å². The van der Waals surface area contributed by atoms with Gasteiger partial charge in [0.1, 0.15) is 5.75 Å². The number of ether oxygens (including phenoxy) is 2. The molecule has 11 nitrogen and oxygen atoms in total. The number of benzene rings is 4. The van der Waals surface area contributed by atoms with Crippen molar-refractivity contribution in [3.63, 3.8) is 0 Å². The molecule has 1 aliphatic rings. The maximum Gasteiger partial charge on any atom is 0.243 e. The van der Waals surface area contributed by atoms with E-state index in [4.69, 9.17) is 14.7 Å². The number of likely N-dealkylation sites (N-methyl/N-ethyl adjacent to an activating group) is 1. The lowest BCUT2D eigenvalue weighted by Crippen LogP contribution is -2.39. The number of hydrogen-bond acceptors (Lipinski definition) is 9. The normalized spacial score (nSPS) is 18.1. The van der Waals surface area contributed by atoms with Crippen LogP contribution in [0.25, 0.3) is 11.1 Å². The number of nitrogens with zero attached hydrogens (tertiary/aromatic N) is 1. The molecule has 50 heavy (non-hydrogen) atoms. The molecule has 0 radical (unpaired) electrons. The molecule has 1 aliphatic heterocycles. The molecule has 2 amide bonds. The maximum atomic E-state index is 12.3. The Bertz CT molecular complexity index is 1720. The van der Waals surface area contributed by atoms with Gasteiger partial charge in [-0.25, -0.2) is 5.48 Å². The number of phenolic OH excluding ortho intramolecular Hbond substituents is 1. The number of hydrogen-bond donors (Lipinski definition) is 6. The molecule has 0 unspecified atom stereocenters. The predicted molar refractivity (Wildman–Crippen MR) is 186 cm³/mol. The Morgan fingerprint density at radius 2 is 1.58 bits per heavy atom. The predicted octanol–water partition coefficient (Wildman–Crippen LogP) is 5.05. The molecule has 5 rings (SSSR count). The molecule has 1 fully saturated rings. The van der Waals surface area contributed by atoms with Crippen molar-refractivity contribution < 1.29 is 39.6 Å². The second-order valence-electron chi connectivity index (χ2n) is 12.7. The molecular weight excluding hydrogens is 638 g/mol. The summed E-state index contributed by atoms with van der Waals surface area (Å²) in [5.74, 6) is -0.591. The lowest BCUT2D eigenvalue weighted by atomic mass is 9.98. The Hall–Kier alpha value is -4.62. The fourth-order valence-corrected chi connectivity index (χ4v) is 6.07. The first-order valence-electron chi connectivity index (χ1n) is 16.8. The lowest BCUT2D eigenvalue weighted by Gasteiger charge is -2.38. The molecule has 0 bridgehead atoms. The van der Waals surface area contributed by atoms with E-state index in [1.54, 1.807) is 29.7 Å². The number of phenols is 1. The van der Waals surface area contributed by atoms with Crippen LogP contribution < -0.4 is 10.8 Å². The summed E-state index contributed by atoms with van der Waals surface area (Å²) in [6.07, 6.45) is -0.787. The van der Waals surface area contributed by atoms with E-state index in [1.165, 1.54) is 0 Å². The highest BCUT2D eigenvalue weighted by Crippen LogP contribution is 2.39. The van der Waals surface area contributed by atoms with E-state index in [0.717, 1.165) is 33.4 Å². The molecule has 6 N–H and O–H groups in total. The quantitative estimate of drug-likeness (QED) is 0.0744. The molecule has 0 aliphatic carbocycles. The molecule has 264 valence electrons. The standard InChI is InChI=1S/C39H45N3O8/c1-42(24-35(45)31-9-4-11-33(44)20-31)23-34-21-36(28-16-14-26(25-43)15-17-28)50-39(49-34)32-10-3-8-30(19-32)29-7-2-6-27(18-29)22-40-37(46)12-5-13-38(47)41-48/h2-4,6-11,14-20,34-36,39,43-45,48H,5,12-13,21-25H2,1H3,(H,40,46)(H,41,47)/t34-,35+,36+,39+/m0/s1. The van der Waals surface area contributed by atoms with Gasteiger partial charge in [-0.3, -0.25) is 14.8 Å². The third-order valence-electron chi connectivity index (χ3n) is 8.71. The minimum atomic E-state index is -0.787. The third kappa shape index (κ3) is 10.4. The third-order valence-corrected chi connectivity index (χ3v) is 8.71.